The average Bonchev–Trinajstić information content (AvgIpc) is 2.49. The number of hydrogen-bond donors (Lipinski definition) is 0. The van der Waals surface area contributed by atoms with Gasteiger partial charge in [0, 0.05) is 6.42 Å². The maximum Gasteiger partial charge on any atom is 0.474 e. The molecule has 0 atom stereocenters. The zero-order chi connectivity index (χ0) is 17.9. The SMILES string of the molecule is C=C(C(=O)OCCCOP(=O)(OCCC)OCCC)C(F)(F)F. The molecule has 0 amide bonds. The monoisotopic (exact) mass is 362 g/mol. The Hall–Kier alpha value is -0.890. The Morgan fingerprint density at radius 1 is 1.00 bits per heavy atom. The van der Waals surface area contributed by atoms with E-state index < -0.39 is 25.5 Å². The summed E-state index contributed by atoms with van der Waals surface area (Å²) in [7, 11) is -3.70. The molecule has 0 radical (unpaired) electrons. The minimum atomic E-state index is -4.83. The second-order valence-corrected chi connectivity index (χ2v) is 6.08. The van der Waals surface area contributed by atoms with E-state index in [1.165, 1.54) is 0 Å². The molecular formula is C13H22F3O6P. The first-order chi connectivity index (χ1) is 10.7. The lowest BCUT2D eigenvalue weighted by Gasteiger charge is -2.17. The molecule has 0 saturated carbocycles. The maximum atomic E-state index is 12.2. The zero-order valence-corrected chi connectivity index (χ0v) is 14.1. The molecule has 0 saturated heterocycles. The van der Waals surface area contributed by atoms with Crippen molar-refractivity contribution in [2.45, 2.75) is 39.3 Å². The van der Waals surface area contributed by atoms with Crippen molar-refractivity contribution in [1.29, 1.82) is 0 Å². The van der Waals surface area contributed by atoms with Gasteiger partial charge in [-0.05, 0) is 12.8 Å². The topological polar surface area (TPSA) is 71.1 Å². The van der Waals surface area contributed by atoms with Crippen LogP contribution in [0.2, 0.25) is 0 Å². The molecule has 0 heterocycles. The number of halogens is 3. The molecule has 10 heteroatoms. The Kier molecular flexibility index (Phi) is 10.4. The number of phosphoric ester groups is 1. The fourth-order valence-corrected chi connectivity index (χ4v) is 2.51. The van der Waals surface area contributed by atoms with E-state index in [-0.39, 0.29) is 32.8 Å². The van der Waals surface area contributed by atoms with E-state index in [1.807, 2.05) is 13.8 Å². The lowest BCUT2D eigenvalue weighted by molar-refractivity contribution is -0.150. The van der Waals surface area contributed by atoms with Gasteiger partial charge in [0.05, 0.1) is 26.4 Å². The molecule has 0 aliphatic heterocycles. The van der Waals surface area contributed by atoms with Gasteiger partial charge < -0.3 is 4.74 Å². The van der Waals surface area contributed by atoms with Crippen LogP contribution in [0.15, 0.2) is 12.2 Å². The Bertz CT molecular complexity index is 412. The summed E-state index contributed by atoms with van der Waals surface area (Å²) in [4.78, 5) is 11.0. The largest absolute Gasteiger partial charge is 0.474 e. The highest BCUT2D eigenvalue weighted by Gasteiger charge is 2.37. The van der Waals surface area contributed by atoms with Gasteiger partial charge in [0.2, 0.25) is 0 Å². The molecule has 6 nitrogen and oxygen atoms in total. The minimum absolute atomic E-state index is 0.0336. The number of esters is 1. The molecule has 0 bridgehead atoms. The van der Waals surface area contributed by atoms with E-state index in [1.54, 1.807) is 0 Å². The molecule has 0 spiro atoms. The van der Waals surface area contributed by atoms with Crippen LogP contribution in [0.3, 0.4) is 0 Å². The highest BCUT2D eigenvalue weighted by atomic mass is 31.2. The Labute approximate surface area is 133 Å². The van der Waals surface area contributed by atoms with Crippen LogP contribution in [0, 0.1) is 0 Å². The predicted molar refractivity (Wildman–Crippen MR) is 76.8 cm³/mol. The van der Waals surface area contributed by atoms with E-state index >= 15 is 0 Å². The van der Waals surface area contributed by atoms with Crippen LogP contribution in [-0.4, -0.2) is 38.6 Å². The van der Waals surface area contributed by atoms with E-state index in [0.29, 0.717) is 12.8 Å². The summed E-state index contributed by atoms with van der Waals surface area (Å²) in [5, 5.41) is 0. The van der Waals surface area contributed by atoms with Gasteiger partial charge in [-0.25, -0.2) is 9.36 Å². The van der Waals surface area contributed by atoms with E-state index in [4.69, 9.17) is 13.6 Å². The van der Waals surface area contributed by atoms with Crippen LogP contribution < -0.4 is 0 Å². The molecule has 0 unspecified atom stereocenters. The smallest absolute Gasteiger partial charge is 0.462 e. The molecule has 23 heavy (non-hydrogen) atoms. The average molecular weight is 362 g/mol. The summed E-state index contributed by atoms with van der Waals surface area (Å²) < 4.78 is 68.1. The number of hydrogen-bond acceptors (Lipinski definition) is 6. The summed E-state index contributed by atoms with van der Waals surface area (Å²) in [6.45, 7) is 6.12. The van der Waals surface area contributed by atoms with Crippen molar-refractivity contribution in [3.63, 3.8) is 0 Å². The second-order valence-electron chi connectivity index (χ2n) is 4.41. The normalized spacial score (nSPS) is 12.2. The quantitative estimate of drug-likeness (QED) is 0.226. The van der Waals surface area contributed by atoms with Crippen molar-refractivity contribution in [3.8, 4) is 0 Å². The fourth-order valence-electron chi connectivity index (χ4n) is 1.12. The summed E-state index contributed by atoms with van der Waals surface area (Å²) in [6, 6.07) is 0. The van der Waals surface area contributed by atoms with E-state index in [9.17, 15) is 22.5 Å². The number of phosphoric acid groups is 1. The summed E-state index contributed by atoms with van der Waals surface area (Å²) in [5.41, 5.74) is -1.58. The molecule has 0 aromatic heterocycles. The minimum Gasteiger partial charge on any atom is -0.462 e. The summed E-state index contributed by atoms with van der Waals surface area (Å²) in [5.74, 6) is -1.55. The third-order valence-corrected chi connectivity index (χ3v) is 3.76. The predicted octanol–water partition coefficient (Wildman–Crippen LogP) is 4.02. The Balaban J connectivity index is 4.13. The summed E-state index contributed by atoms with van der Waals surface area (Å²) in [6.07, 6.45) is -3.57. The van der Waals surface area contributed by atoms with Crippen molar-refractivity contribution < 1.29 is 40.8 Å². The van der Waals surface area contributed by atoms with Gasteiger partial charge in [0.25, 0.3) is 0 Å². The molecule has 0 N–H and O–H groups in total. The van der Waals surface area contributed by atoms with Gasteiger partial charge in [-0.3, -0.25) is 13.6 Å². The van der Waals surface area contributed by atoms with Gasteiger partial charge in [0.15, 0.2) is 0 Å². The molecule has 0 aliphatic carbocycles. The number of carbonyl (C=O) groups is 1. The summed E-state index contributed by atoms with van der Waals surface area (Å²) >= 11 is 0. The van der Waals surface area contributed by atoms with Crippen LogP contribution in [0.4, 0.5) is 13.2 Å². The number of carbonyl (C=O) groups excluding carboxylic acids is 1. The molecular weight excluding hydrogens is 340 g/mol. The van der Waals surface area contributed by atoms with E-state index in [0.717, 1.165) is 0 Å². The lowest BCUT2D eigenvalue weighted by atomic mass is 10.3. The number of rotatable bonds is 12. The Morgan fingerprint density at radius 2 is 1.48 bits per heavy atom. The molecule has 136 valence electrons. The van der Waals surface area contributed by atoms with Gasteiger partial charge in [-0.1, -0.05) is 20.4 Å². The molecule has 0 aromatic rings. The molecule has 0 aromatic carbocycles. The van der Waals surface area contributed by atoms with Crippen LogP contribution in [0.25, 0.3) is 0 Å². The van der Waals surface area contributed by atoms with Crippen LogP contribution in [-0.2, 0) is 27.7 Å². The third kappa shape index (κ3) is 9.76. The van der Waals surface area contributed by atoms with E-state index in [2.05, 4.69) is 11.3 Å². The first-order valence-electron chi connectivity index (χ1n) is 7.13. The number of ether oxygens (including phenoxy) is 1. The van der Waals surface area contributed by atoms with Gasteiger partial charge in [-0.15, -0.1) is 0 Å². The molecule has 0 rings (SSSR count). The van der Waals surface area contributed by atoms with Crippen molar-refractivity contribution >= 4 is 13.8 Å². The lowest BCUT2D eigenvalue weighted by Crippen LogP contribution is -2.21. The molecule has 0 aliphatic rings. The van der Waals surface area contributed by atoms with Crippen molar-refractivity contribution in [1.82, 2.24) is 0 Å². The van der Waals surface area contributed by atoms with Gasteiger partial charge in [0.1, 0.15) is 5.57 Å². The van der Waals surface area contributed by atoms with Crippen molar-refractivity contribution in [2.24, 2.45) is 0 Å². The maximum absolute atomic E-state index is 12.2. The highest BCUT2D eigenvalue weighted by Crippen LogP contribution is 2.49. The second kappa shape index (κ2) is 10.8. The van der Waals surface area contributed by atoms with Gasteiger partial charge in [-0.2, -0.15) is 13.2 Å². The first-order valence-corrected chi connectivity index (χ1v) is 8.59. The highest BCUT2D eigenvalue weighted by molar-refractivity contribution is 7.48. The van der Waals surface area contributed by atoms with Gasteiger partial charge >= 0.3 is 20.0 Å². The van der Waals surface area contributed by atoms with Crippen molar-refractivity contribution in [3.05, 3.63) is 12.2 Å². The molecule has 0 fully saturated rings. The standard InChI is InChI=1S/C13H22F3O6P/c1-4-7-20-23(18,21-8-5-2)22-10-6-9-19-12(17)11(3)13(14,15)16/h3-10H2,1-2H3. The van der Waals surface area contributed by atoms with Crippen molar-refractivity contribution in [2.75, 3.05) is 26.4 Å². The first kappa shape index (κ1) is 22.1. The number of alkyl halides is 3. The third-order valence-electron chi connectivity index (χ3n) is 2.27. The fraction of sp³-hybridized carbons (Fsp3) is 0.769. The Morgan fingerprint density at radius 3 is 1.91 bits per heavy atom. The zero-order valence-electron chi connectivity index (χ0n) is 13.2. The van der Waals surface area contributed by atoms with Crippen LogP contribution in [0.1, 0.15) is 33.1 Å². The van der Waals surface area contributed by atoms with Crippen LogP contribution in [0.5, 0.6) is 0 Å². The van der Waals surface area contributed by atoms with Crippen LogP contribution >= 0.6 is 7.82 Å².